The Bertz CT molecular complexity index is 795. The summed E-state index contributed by atoms with van der Waals surface area (Å²) < 4.78 is 28.2. The average Bonchev–Trinajstić information content (AvgIpc) is 2.66. The lowest BCUT2D eigenvalue weighted by Gasteiger charge is -2.37. The molecule has 1 atom stereocenters. The van der Waals surface area contributed by atoms with Crippen LogP contribution in [0.1, 0.15) is 35.1 Å². The number of sulfonamides is 1. The van der Waals surface area contributed by atoms with Crippen LogP contribution in [-0.4, -0.2) is 62.8 Å². The number of carbonyl (C=O) groups excluding carboxylic acids is 1. The Morgan fingerprint density at radius 3 is 2.15 bits per heavy atom. The van der Waals surface area contributed by atoms with E-state index in [1.807, 2.05) is 38.7 Å². The Hall–Kier alpha value is -1.44. The van der Waals surface area contributed by atoms with E-state index < -0.39 is 10.0 Å². The third-order valence-electron chi connectivity index (χ3n) is 6.09. The van der Waals surface area contributed by atoms with Gasteiger partial charge in [0, 0.05) is 32.7 Å². The standard InChI is InChI=1S/C20H31N3O3S/c1-14-12-15(2)17(4)19(16(14)3)27(25,26)23-10-8-22(9-11-23)20(24)18-6-5-7-21-13-18/h12,18,21H,5-11,13H2,1-4H3. The number of nitrogens with zero attached hydrogens (tertiary/aromatic N) is 2. The first-order chi connectivity index (χ1) is 12.7. The molecule has 1 aromatic carbocycles. The largest absolute Gasteiger partial charge is 0.340 e. The molecule has 7 heteroatoms. The number of piperidine rings is 1. The van der Waals surface area contributed by atoms with Gasteiger partial charge in [0.1, 0.15) is 0 Å². The second-order valence-electron chi connectivity index (χ2n) is 7.86. The first kappa shape index (κ1) is 20.3. The molecular weight excluding hydrogens is 362 g/mol. The maximum absolute atomic E-state index is 13.3. The van der Waals surface area contributed by atoms with Gasteiger partial charge in [-0.25, -0.2) is 8.42 Å². The van der Waals surface area contributed by atoms with Crippen molar-refractivity contribution in [3.63, 3.8) is 0 Å². The summed E-state index contributed by atoms with van der Waals surface area (Å²) in [6.45, 7) is 11.0. The van der Waals surface area contributed by atoms with Gasteiger partial charge in [-0.2, -0.15) is 4.31 Å². The molecule has 1 amide bonds. The number of hydrogen-bond acceptors (Lipinski definition) is 4. The van der Waals surface area contributed by atoms with Crippen molar-refractivity contribution in [3.8, 4) is 0 Å². The van der Waals surface area contributed by atoms with Gasteiger partial charge in [0.2, 0.25) is 15.9 Å². The number of benzene rings is 1. The zero-order chi connectivity index (χ0) is 19.8. The van der Waals surface area contributed by atoms with Crippen LogP contribution in [0, 0.1) is 33.6 Å². The highest BCUT2D eigenvalue weighted by atomic mass is 32.2. The highest BCUT2D eigenvalue weighted by Crippen LogP contribution is 2.29. The van der Waals surface area contributed by atoms with Crippen LogP contribution >= 0.6 is 0 Å². The molecule has 2 aliphatic heterocycles. The molecule has 3 rings (SSSR count). The molecule has 0 saturated carbocycles. The molecule has 0 aromatic heterocycles. The number of rotatable bonds is 3. The van der Waals surface area contributed by atoms with E-state index in [0.29, 0.717) is 31.1 Å². The van der Waals surface area contributed by atoms with E-state index in [9.17, 15) is 13.2 Å². The van der Waals surface area contributed by atoms with Crippen molar-refractivity contribution >= 4 is 15.9 Å². The highest BCUT2D eigenvalue weighted by Gasteiger charge is 2.34. The molecule has 150 valence electrons. The van der Waals surface area contributed by atoms with Crippen LogP contribution in [-0.2, 0) is 14.8 Å². The third kappa shape index (κ3) is 3.91. The molecule has 2 saturated heterocycles. The fourth-order valence-corrected chi connectivity index (χ4v) is 6.16. The molecular formula is C20H31N3O3S. The van der Waals surface area contributed by atoms with Crippen LogP contribution in [0.25, 0.3) is 0 Å². The predicted molar refractivity (Wildman–Crippen MR) is 106 cm³/mol. The van der Waals surface area contributed by atoms with Crippen LogP contribution < -0.4 is 5.32 Å². The second kappa shape index (κ2) is 7.89. The molecule has 0 bridgehead atoms. The van der Waals surface area contributed by atoms with Gasteiger partial charge in [-0.05, 0) is 69.3 Å². The molecule has 1 N–H and O–H groups in total. The van der Waals surface area contributed by atoms with Gasteiger partial charge < -0.3 is 10.2 Å². The number of amides is 1. The van der Waals surface area contributed by atoms with E-state index >= 15 is 0 Å². The van der Waals surface area contributed by atoms with Crippen molar-refractivity contribution in [1.29, 1.82) is 0 Å². The number of aryl methyl sites for hydroxylation is 2. The van der Waals surface area contributed by atoms with Crippen LogP contribution in [0.2, 0.25) is 0 Å². The number of piperazine rings is 1. The maximum atomic E-state index is 13.3. The smallest absolute Gasteiger partial charge is 0.243 e. The lowest BCUT2D eigenvalue weighted by Crippen LogP contribution is -2.53. The topological polar surface area (TPSA) is 69.7 Å². The SMILES string of the molecule is Cc1cc(C)c(C)c(S(=O)(=O)N2CCN(C(=O)C3CCCNC3)CC2)c1C. The Labute approximate surface area is 163 Å². The normalized spacial score (nSPS) is 22.1. The zero-order valence-electron chi connectivity index (χ0n) is 16.8. The lowest BCUT2D eigenvalue weighted by molar-refractivity contribution is -0.137. The monoisotopic (exact) mass is 393 g/mol. The van der Waals surface area contributed by atoms with Crippen LogP contribution in [0.5, 0.6) is 0 Å². The van der Waals surface area contributed by atoms with E-state index in [-0.39, 0.29) is 11.8 Å². The van der Waals surface area contributed by atoms with E-state index in [0.717, 1.165) is 48.2 Å². The van der Waals surface area contributed by atoms with Gasteiger partial charge in [-0.15, -0.1) is 0 Å². The van der Waals surface area contributed by atoms with Crippen LogP contribution in [0.3, 0.4) is 0 Å². The number of hydrogen-bond donors (Lipinski definition) is 1. The van der Waals surface area contributed by atoms with E-state index in [1.54, 1.807) is 4.31 Å². The van der Waals surface area contributed by atoms with Crippen LogP contribution in [0.4, 0.5) is 0 Å². The number of nitrogens with one attached hydrogen (secondary N) is 1. The van der Waals surface area contributed by atoms with Gasteiger partial charge in [0.25, 0.3) is 0 Å². The van der Waals surface area contributed by atoms with Crippen molar-refractivity contribution in [3.05, 3.63) is 28.3 Å². The summed E-state index contributed by atoms with van der Waals surface area (Å²) in [5.41, 5.74) is 3.64. The van der Waals surface area contributed by atoms with Crippen molar-refractivity contribution in [2.24, 2.45) is 5.92 Å². The van der Waals surface area contributed by atoms with E-state index in [2.05, 4.69) is 5.32 Å². The van der Waals surface area contributed by atoms with Crippen molar-refractivity contribution < 1.29 is 13.2 Å². The van der Waals surface area contributed by atoms with Gasteiger partial charge in [0.15, 0.2) is 0 Å². The zero-order valence-corrected chi connectivity index (χ0v) is 17.7. The fraction of sp³-hybridized carbons (Fsp3) is 0.650. The Morgan fingerprint density at radius 1 is 1.04 bits per heavy atom. The molecule has 1 aromatic rings. The van der Waals surface area contributed by atoms with Gasteiger partial charge in [-0.3, -0.25) is 4.79 Å². The highest BCUT2D eigenvalue weighted by molar-refractivity contribution is 7.89. The summed E-state index contributed by atoms with van der Waals surface area (Å²) in [6.07, 6.45) is 1.95. The minimum absolute atomic E-state index is 0.0332. The summed E-state index contributed by atoms with van der Waals surface area (Å²) in [5.74, 6) is 0.198. The fourth-order valence-electron chi connectivity index (χ4n) is 4.17. The number of carbonyl (C=O) groups is 1. The Kier molecular flexibility index (Phi) is 5.93. The Balaban J connectivity index is 1.75. The molecule has 1 unspecified atom stereocenters. The predicted octanol–water partition coefficient (Wildman–Crippen LogP) is 1.75. The summed E-state index contributed by atoms with van der Waals surface area (Å²) in [6, 6.07) is 2.04. The quantitative estimate of drug-likeness (QED) is 0.849. The first-order valence-corrected chi connectivity index (χ1v) is 11.2. The van der Waals surface area contributed by atoms with Gasteiger partial charge in [-0.1, -0.05) is 6.07 Å². The molecule has 2 fully saturated rings. The minimum Gasteiger partial charge on any atom is -0.340 e. The minimum atomic E-state index is -3.56. The molecule has 2 heterocycles. The maximum Gasteiger partial charge on any atom is 0.243 e. The van der Waals surface area contributed by atoms with E-state index in [1.165, 1.54) is 0 Å². The summed E-state index contributed by atoms with van der Waals surface area (Å²) in [4.78, 5) is 15.0. The third-order valence-corrected chi connectivity index (χ3v) is 8.26. The summed E-state index contributed by atoms with van der Waals surface area (Å²) >= 11 is 0. The van der Waals surface area contributed by atoms with E-state index in [4.69, 9.17) is 0 Å². The molecule has 0 radical (unpaired) electrons. The molecule has 0 spiro atoms. The van der Waals surface area contributed by atoms with Crippen molar-refractivity contribution in [2.75, 3.05) is 39.3 Å². The summed E-state index contributed by atoms with van der Waals surface area (Å²) in [7, 11) is -3.56. The second-order valence-corrected chi connectivity index (χ2v) is 9.74. The molecule has 2 aliphatic rings. The van der Waals surface area contributed by atoms with Crippen molar-refractivity contribution in [2.45, 2.75) is 45.4 Å². The molecule has 27 heavy (non-hydrogen) atoms. The lowest BCUT2D eigenvalue weighted by atomic mass is 9.98. The summed E-state index contributed by atoms with van der Waals surface area (Å²) in [5, 5.41) is 3.28. The average molecular weight is 394 g/mol. The molecule has 0 aliphatic carbocycles. The van der Waals surface area contributed by atoms with Gasteiger partial charge in [0.05, 0.1) is 10.8 Å². The molecule has 6 nitrogen and oxygen atoms in total. The first-order valence-electron chi connectivity index (χ1n) is 9.80. The van der Waals surface area contributed by atoms with Crippen molar-refractivity contribution in [1.82, 2.24) is 14.5 Å². The Morgan fingerprint density at radius 2 is 1.63 bits per heavy atom. The van der Waals surface area contributed by atoms with Crippen LogP contribution in [0.15, 0.2) is 11.0 Å². The van der Waals surface area contributed by atoms with Gasteiger partial charge >= 0.3 is 0 Å².